The van der Waals surface area contributed by atoms with E-state index in [1.807, 2.05) is 18.2 Å². The number of hydrogen-bond donors (Lipinski definition) is 1. The molecule has 1 atom stereocenters. The predicted molar refractivity (Wildman–Crippen MR) is 84.0 cm³/mol. The fourth-order valence-electron chi connectivity index (χ4n) is 2.67. The summed E-state index contributed by atoms with van der Waals surface area (Å²) in [6, 6.07) is 13.1. The van der Waals surface area contributed by atoms with Crippen LogP contribution in [0.1, 0.15) is 29.2 Å². The zero-order valence-corrected chi connectivity index (χ0v) is 13.2. The molecule has 6 heteroatoms. The molecule has 0 aromatic heterocycles. The van der Waals surface area contributed by atoms with Gasteiger partial charge in [0.05, 0.1) is 16.5 Å². The van der Waals surface area contributed by atoms with E-state index < -0.39 is 10.0 Å². The van der Waals surface area contributed by atoms with Crippen LogP contribution in [0.25, 0.3) is 0 Å². The maximum atomic E-state index is 12.4. The summed E-state index contributed by atoms with van der Waals surface area (Å²) in [5, 5.41) is 9.43. The van der Waals surface area contributed by atoms with E-state index in [1.165, 1.54) is 24.3 Å². The minimum atomic E-state index is -3.61. The third-order valence-corrected chi connectivity index (χ3v) is 5.50. The van der Waals surface area contributed by atoms with Crippen LogP contribution in [0.5, 0.6) is 0 Å². The van der Waals surface area contributed by atoms with E-state index in [9.17, 15) is 8.42 Å². The number of halogens is 1. The van der Waals surface area contributed by atoms with E-state index in [0.717, 1.165) is 17.5 Å². The molecule has 1 aliphatic carbocycles. The van der Waals surface area contributed by atoms with Crippen LogP contribution in [-0.4, -0.2) is 8.42 Å². The maximum absolute atomic E-state index is 12.4. The summed E-state index contributed by atoms with van der Waals surface area (Å²) < 4.78 is 27.6. The van der Waals surface area contributed by atoms with Gasteiger partial charge in [-0.1, -0.05) is 17.7 Å². The Kier molecular flexibility index (Phi) is 3.92. The molecule has 1 aliphatic rings. The van der Waals surface area contributed by atoms with Crippen molar-refractivity contribution in [2.75, 3.05) is 0 Å². The Morgan fingerprint density at radius 3 is 2.59 bits per heavy atom. The smallest absolute Gasteiger partial charge is 0.207 e. The Hall–Kier alpha value is -1.87. The topological polar surface area (TPSA) is 70.0 Å². The second kappa shape index (κ2) is 5.73. The molecule has 0 heterocycles. The number of benzene rings is 2. The first kappa shape index (κ1) is 15.0. The molecule has 2 aromatic carbocycles. The lowest BCUT2D eigenvalue weighted by Gasteiger charge is -2.14. The van der Waals surface area contributed by atoms with Gasteiger partial charge in [-0.15, -0.1) is 0 Å². The normalized spacial score (nSPS) is 17.0. The van der Waals surface area contributed by atoms with Gasteiger partial charge in [-0.3, -0.25) is 0 Å². The minimum Gasteiger partial charge on any atom is -0.207 e. The van der Waals surface area contributed by atoms with Crippen LogP contribution in [0.4, 0.5) is 0 Å². The van der Waals surface area contributed by atoms with E-state index in [2.05, 4.69) is 4.72 Å². The number of nitrogens with one attached hydrogen (secondary N) is 1. The SMILES string of the molecule is N#Cc1ccc(S(=O)(=O)N[C@@H]2CCc3cc(Cl)ccc32)cc1. The average molecular weight is 333 g/mol. The monoisotopic (exact) mass is 332 g/mol. The van der Waals surface area contributed by atoms with E-state index in [-0.39, 0.29) is 10.9 Å². The summed E-state index contributed by atoms with van der Waals surface area (Å²) in [7, 11) is -3.61. The number of nitrogens with zero attached hydrogens (tertiary/aromatic N) is 1. The summed E-state index contributed by atoms with van der Waals surface area (Å²) in [4.78, 5) is 0.161. The minimum absolute atomic E-state index is 0.161. The number of hydrogen-bond acceptors (Lipinski definition) is 3. The fourth-order valence-corrected chi connectivity index (χ4v) is 4.12. The summed E-state index contributed by atoms with van der Waals surface area (Å²) in [5.41, 5.74) is 2.49. The molecule has 4 nitrogen and oxygen atoms in total. The highest BCUT2D eigenvalue weighted by Gasteiger charge is 2.27. The molecule has 0 unspecified atom stereocenters. The second-order valence-corrected chi connectivity index (χ2v) is 7.34. The van der Waals surface area contributed by atoms with Crippen molar-refractivity contribution in [3.8, 4) is 6.07 Å². The Morgan fingerprint density at radius 2 is 1.91 bits per heavy atom. The van der Waals surface area contributed by atoms with Crippen LogP contribution in [0.3, 0.4) is 0 Å². The summed E-state index contributed by atoms with van der Waals surface area (Å²) >= 11 is 5.96. The lowest BCUT2D eigenvalue weighted by molar-refractivity contribution is 0.554. The molecule has 3 rings (SSSR count). The van der Waals surface area contributed by atoms with Crippen LogP contribution in [0.15, 0.2) is 47.4 Å². The van der Waals surface area contributed by atoms with Crippen molar-refractivity contribution in [2.24, 2.45) is 0 Å². The predicted octanol–water partition coefficient (Wildman–Crippen LogP) is 3.18. The Bertz CT molecular complexity index is 855. The van der Waals surface area contributed by atoms with E-state index in [0.29, 0.717) is 17.0 Å². The molecule has 0 aliphatic heterocycles. The van der Waals surface area contributed by atoms with Crippen molar-refractivity contribution in [1.29, 1.82) is 5.26 Å². The van der Waals surface area contributed by atoms with Crippen LogP contribution < -0.4 is 4.72 Å². The zero-order chi connectivity index (χ0) is 15.7. The molecular weight excluding hydrogens is 320 g/mol. The first-order chi connectivity index (χ1) is 10.5. The molecule has 1 N–H and O–H groups in total. The maximum Gasteiger partial charge on any atom is 0.241 e. The van der Waals surface area contributed by atoms with Crippen LogP contribution >= 0.6 is 11.6 Å². The molecule has 0 bridgehead atoms. The summed E-state index contributed by atoms with van der Waals surface area (Å²) in [6.07, 6.45) is 1.52. The van der Waals surface area contributed by atoms with Gasteiger partial charge in [0.1, 0.15) is 0 Å². The van der Waals surface area contributed by atoms with Crippen molar-refractivity contribution in [3.05, 3.63) is 64.2 Å². The van der Waals surface area contributed by atoms with Crippen molar-refractivity contribution in [2.45, 2.75) is 23.8 Å². The van der Waals surface area contributed by atoms with Gasteiger partial charge >= 0.3 is 0 Å². The van der Waals surface area contributed by atoms with Gasteiger partial charge in [0.2, 0.25) is 10.0 Å². The summed E-state index contributed by atoms with van der Waals surface area (Å²) in [6.45, 7) is 0. The molecule has 0 spiro atoms. The van der Waals surface area contributed by atoms with Gasteiger partial charge in [-0.2, -0.15) is 5.26 Å². The van der Waals surface area contributed by atoms with Crippen LogP contribution in [0.2, 0.25) is 5.02 Å². The Labute approximate surface area is 134 Å². The van der Waals surface area contributed by atoms with Gasteiger partial charge in [-0.05, 0) is 60.4 Å². The summed E-state index contributed by atoms with van der Waals surface area (Å²) in [5.74, 6) is 0. The van der Waals surface area contributed by atoms with Gasteiger partial charge in [0.25, 0.3) is 0 Å². The van der Waals surface area contributed by atoms with E-state index >= 15 is 0 Å². The molecule has 0 saturated heterocycles. The number of nitriles is 1. The van der Waals surface area contributed by atoms with Crippen molar-refractivity contribution < 1.29 is 8.42 Å². The highest BCUT2D eigenvalue weighted by atomic mass is 35.5. The van der Waals surface area contributed by atoms with Crippen molar-refractivity contribution >= 4 is 21.6 Å². The molecule has 2 aromatic rings. The first-order valence-corrected chi connectivity index (χ1v) is 8.66. The highest BCUT2D eigenvalue weighted by molar-refractivity contribution is 7.89. The molecular formula is C16H13ClN2O2S. The molecule has 112 valence electrons. The molecule has 22 heavy (non-hydrogen) atoms. The standard InChI is InChI=1S/C16H13ClN2O2S/c17-13-4-7-15-12(9-13)3-8-16(15)19-22(20,21)14-5-1-11(10-18)2-6-14/h1-2,4-7,9,16,19H,3,8H2/t16-/m1/s1. The Morgan fingerprint density at radius 1 is 1.18 bits per heavy atom. The Balaban J connectivity index is 1.86. The molecule has 0 fully saturated rings. The van der Waals surface area contributed by atoms with Gasteiger partial charge in [0, 0.05) is 11.1 Å². The van der Waals surface area contributed by atoms with Crippen molar-refractivity contribution in [3.63, 3.8) is 0 Å². The van der Waals surface area contributed by atoms with Crippen molar-refractivity contribution in [1.82, 2.24) is 4.72 Å². The van der Waals surface area contributed by atoms with Gasteiger partial charge in [0.15, 0.2) is 0 Å². The van der Waals surface area contributed by atoms with Crippen LogP contribution in [-0.2, 0) is 16.4 Å². The van der Waals surface area contributed by atoms with Gasteiger partial charge < -0.3 is 0 Å². The number of aryl methyl sites for hydroxylation is 1. The lowest BCUT2D eigenvalue weighted by Crippen LogP contribution is -2.27. The third-order valence-electron chi connectivity index (χ3n) is 3.77. The van der Waals surface area contributed by atoms with Crippen LogP contribution in [0, 0.1) is 11.3 Å². The lowest BCUT2D eigenvalue weighted by atomic mass is 10.1. The average Bonchev–Trinajstić information content (AvgIpc) is 2.89. The number of sulfonamides is 1. The zero-order valence-electron chi connectivity index (χ0n) is 11.6. The molecule has 0 radical (unpaired) electrons. The number of fused-ring (bicyclic) bond motifs is 1. The third kappa shape index (κ3) is 2.86. The fraction of sp³-hybridized carbons (Fsp3) is 0.188. The molecule has 0 amide bonds. The van der Waals surface area contributed by atoms with E-state index in [1.54, 1.807) is 6.07 Å². The first-order valence-electron chi connectivity index (χ1n) is 6.80. The highest BCUT2D eigenvalue weighted by Crippen LogP contribution is 2.33. The second-order valence-electron chi connectivity index (χ2n) is 5.19. The molecule has 0 saturated carbocycles. The quantitative estimate of drug-likeness (QED) is 0.938. The largest absolute Gasteiger partial charge is 0.241 e. The van der Waals surface area contributed by atoms with Gasteiger partial charge in [-0.25, -0.2) is 13.1 Å². The number of rotatable bonds is 3. The van der Waals surface area contributed by atoms with E-state index in [4.69, 9.17) is 16.9 Å².